The first-order valence-corrected chi connectivity index (χ1v) is 5.69. The van der Waals surface area contributed by atoms with Crippen molar-refractivity contribution in [2.45, 2.75) is 50.2 Å². The minimum absolute atomic E-state index is 0.121. The molecule has 1 aliphatic carbocycles. The van der Waals surface area contributed by atoms with Gasteiger partial charge < -0.3 is 24.1 Å². The SMILES string of the molecule is COC1O[C@@]2(C[C@H]2CO)C2OC(C)(C)OC12. The molecular formula is C11H18O5. The van der Waals surface area contributed by atoms with Crippen LogP contribution in [0.1, 0.15) is 20.3 Å². The highest BCUT2D eigenvalue weighted by molar-refractivity contribution is 5.18. The number of aliphatic hydroxyl groups is 1. The van der Waals surface area contributed by atoms with Crippen LogP contribution in [0.3, 0.4) is 0 Å². The van der Waals surface area contributed by atoms with Gasteiger partial charge in [-0.05, 0) is 20.3 Å². The first kappa shape index (κ1) is 10.9. The zero-order valence-electron chi connectivity index (χ0n) is 9.80. The van der Waals surface area contributed by atoms with E-state index in [-0.39, 0.29) is 36.6 Å². The van der Waals surface area contributed by atoms with E-state index in [1.807, 2.05) is 13.8 Å². The summed E-state index contributed by atoms with van der Waals surface area (Å²) in [6, 6.07) is 0. The smallest absolute Gasteiger partial charge is 0.186 e. The van der Waals surface area contributed by atoms with Crippen molar-refractivity contribution in [3.05, 3.63) is 0 Å². The Kier molecular flexibility index (Phi) is 2.17. The Hall–Kier alpha value is -0.200. The second kappa shape index (κ2) is 3.17. The van der Waals surface area contributed by atoms with E-state index >= 15 is 0 Å². The maximum Gasteiger partial charge on any atom is 0.186 e. The first-order valence-electron chi connectivity index (χ1n) is 5.69. The standard InChI is InChI=1S/C11H18O5/c1-10(2)14-7-8(15-10)11(4-6(11)5-12)16-9(7)13-3/h6-9,12H,4-5H2,1-3H3/t6-,7?,8?,9?,11+/m0/s1. The largest absolute Gasteiger partial charge is 0.396 e. The molecule has 16 heavy (non-hydrogen) atoms. The van der Waals surface area contributed by atoms with Crippen LogP contribution in [0.15, 0.2) is 0 Å². The molecule has 3 fully saturated rings. The maximum absolute atomic E-state index is 9.22. The van der Waals surface area contributed by atoms with E-state index < -0.39 is 5.79 Å². The molecule has 1 N–H and O–H groups in total. The summed E-state index contributed by atoms with van der Waals surface area (Å²) in [5.74, 6) is -0.441. The first-order chi connectivity index (χ1) is 7.52. The molecule has 0 aromatic carbocycles. The van der Waals surface area contributed by atoms with Gasteiger partial charge >= 0.3 is 0 Å². The molecule has 3 rings (SSSR count). The van der Waals surface area contributed by atoms with Crippen molar-refractivity contribution in [2.24, 2.45) is 5.92 Å². The molecule has 3 unspecified atom stereocenters. The van der Waals surface area contributed by atoms with Gasteiger partial charge in [0.2, 0.25) is 0 Å². The lowest BCUT2D eigenvalue weighted by Gasteiger charge is -2.23. The van der Waals surface area contributed by atoms with E-state index in [4.69, 9.17) is 18.9 Å². The molecule has 2 saturated heterocycles. The van der Waals surface area contributed by atoms with Gasteiger partial charge in [-0.1, -0.05) is 0 Å². The number of hydrogen-bond donors (Lipinski definition) is 1. The molecule has 0 aromatic rings. The van der Waals surface area contributed by atoms with Crippen LogP contribution in [0.2, 0.25) is 0 Å². The Morgan fingerprint density at radius 2 is 2.06 bits per heavy atom. The molecule has 3 aliphatic rings. The molecule has 5 heteroatoms. The molecule has 0 aromatic heterocycles. The Labute approximate surface area is 94.6 Å². The number of ether oxygens (including phenoxy) is 4. The Morgan fingerprint density at radius 3 is 2.62 bits per heavy atom. The minimum atomic E-state index is -0.592. The van der Waals surface area contributed by atoms with Gasteiger partial charge in [-0.3, -0.25) is 0 Å². The molecule has 2 aliphatic heterocycles. The molecule has 2 heterocycles. The molecule has 0 bridgehead atoms. The normalized spacial score (nSPS) is 53.2. The molecular weight excluding hydrogens is 212 g/mol. The fourth-order valence-corrected chi connectivity index (χ4v) is 2.94. The monoisotopic (exact) mass is 230 g/mol. The lowest BCUT2D eigenvalue weighted by atomic mass is 10.1. The van der Waals surface area contributed by atoms with Crippen LogP contribution in [0.25, 0.3) is 0 Å². The van der Waals surface area contributed by atoms with Crippen LogP contribution in [0, 0.1) is 5.92 Å². The molecule has 5 nitrogen and oxygen atoms in total. The fraction of sp³-hybridized carbons (Fsp3) is 1.00. The second-order valence-electron chi connectivity index (χ2n) is 5.28. The van der Waals surface area contributed by atoms with Crippen molar-refractivity contribution in [3.63, 3.8) is 0 Å². The van der Waals surface area contributed by atoms with Crippen molar-refractivity contribution in [3.8, 4) is 0 Å². The van der Waals surface area contributed by atoms with E-state index in [1.54, 1.807) is 7.11 Å². The number of methoxy groups -OCH3 is 1. The summed E-state index contributed by atoms with van der Waals surface area (Å²) in [4.78, 5) is 0. The van der Waals surface area contributed by atoms with Crippen LogP contribution in [0.5, 0.6) is 0 Å². The van der Waals surface area contributed by atoms with Crippen LogP contribution in [-0.2, 0) is 18.9 Å². The summed E-state index contributed by atoms with van der Waals surface area (Å²) < 4.78 is 22.8. The number of rotatable bonds is 2. The Bertz CT molecular complexity index is 305. The number of fused-ring (bicyclic) bond motifs is 2. The quantitative estimate of drug-likeness (QED) is 0.737. The molecule has 0 radical (unpaired) electrons. The van der Waals surface area contributed by atoms with Gasteiger partial charge in [0, 0.05) is 19.6 Å². The topological polar surface area (TPSA) is 57.2 Å². The average Bonchev–Trinajstić information content (AvgIpc) is 2.75. The van der Waals surface area contributed by atoms with Crippen LogP contribution in [0.4, 0.5) is 0 Å². The number of hydrogen-bond acceptors (Lipinski definition) is 5. The number of aliphatic hydroxyl groups excluding tert-OH is 1. The molecule has 92 valence electrons. The molecule has 1 saturated carbocycles. The van der Waals surface area contributed by atoms with Crippen molar-refractivity contribution >= 4 is 0 Å². The van der Waals surface area contributed by atoms with E-state index in [1.165, 1.54) is 0 Å². The van der Waals surface area contributed by atoms with Crippen molar-refractivity contribution in [1.29, 1.82) is 0 Å². The molecule has 1 spiro atoms. The summed E-state index contributed by atoms with van der Waals surface area (Å²) in [5.41, 5.74) is -0.381. The van der Waals surface area contributed by atoms with Crippen LogP contribution >= 0.6 is 0 Å². The second-order valence-corrected chi connectivity index (χ2v) is 5.28. The summed E-state index contributed by atoms with van der Waals surface area (Å²) in [6.45, 7) is 3.91. The molecule has 5 atom stereocenters. The summed E-state index contributed by atoms with van der Waals surface area (Å²) >= 11 is 0. The van der Waals surface area contributed by atoms with E-state index in [0.29, 0.717) is 0 Å². The van der Waals surface area contributed by atoms with E-state index in [0.717, 1.165) is 6.42 Å². The van der Waals surface area contributed by atoms with Gasteiger partial charge in [-0.15, -0.1) is 0 Å². The Morgan fingerprint density at radius 1 is 1.31 bits per heavy atom. The summed E-state index contributed by atoms with van der Waals surface area (Å²) in [7, 11) is 1.60. The lowest BCUT2D eigenvalue weighted by molar-refractivity contribution is -0.235. The minimum Gasteiger partial charge on any atom is -0.396 e. The third-order valence-corrected chi connectivity index (χ3v) is 3.76. The predicted molar refractivity (Wildman–Crippen MR) is 53.6 cm³/mol. The highest BCUT2D eigenvalue weighted by Crippen LogP contribution is 2.59. The zero-order chi connectivity index (χ0) is 11.6. The van der Waals surface area contributed by atoms with Crippen molar-refractivity contribution < 1.29 is 24.1 Å². The summed E-state index contributed by atoms with van der Waals surface area (Å²) in [5, 5.41) is 9.22. The van der Waals surface area contributed by atoms with Gasteiger partial charge in [-0.25, -0.2) is 0 Å². The third-order valence-electron chi connectivity index (χ3n) is 3.76. The van der Waals surface area contributed by atoms with Crippen molar-refractivity contribution in [2.75, 3.05) is 13.7 Å². The maximum atomic E-state index is 9.22. The third kappa shape index (κ3) is 1.29. The van der Waals surface area contributed by atoms with Gasteiger partial charge in [0.05, 0.1) is 0 Å². The lowest BCUT2D eigenvalue weighted by Crippen LogP contribution is -2.33. The van der Waals surface area contributed by atoms with Crippen molar-refractivity contribution in [1.82, 2.24) is 0 Å². The van der Waals surface area contributed by atoms with Gasteiger partial charge in [0.25, 0.3) is 0 Å². The highest BCUT2D eigenvalue weighted by Gasteiger charge is 2.73. The summed E-state index contributed by atoms with van der Waals surface area (Å²) in [6.07, 6.45) is 0.133. The zero-order valence-corrected chi connectivity index (χ0v) is 9.80. The Balaban J connectivity index is 1.85. The van der Waals surface area contributed by atoms with Gasteiger partial charge in [0.1, 0.15) is 17.8 Å². The fourth-order valence-electron chi connectivity index (χ4n) is 2.94. The van der Waals surface area contributed by atoms with Gasteiger partial charge in [0.15, 0.2) is 12.1 Å². The highest BCUT2D eigenvalue weighted by atomic mass is 16.8. The molecule has 0 amide bonds. The van der Waals surface area contributed by atoms with Crippen LogP contribution < -0.4 is 0 Å². The predicted octanol–water partition coefficient (Wildman–Crippen LogP) is 0.260. The van der Waals surface area contributed by atoms with Gasteiger partial charge in [-0.2, -0.15) is 0 Å². The average molecular weight is 230 g/mol. The van der Waals surface area contributed by atoms with E-state index in [2.05, 4.69) is 0 Å². The van der Waals surface area contributed by atoms with Crippen LogP contribution in [-0.4, -0.2) is 48.7 Å². The van der Waals surface area contributed by atoms with E-state index in [9.17, 15) is 5.11 Å².